The molecule has 0 aliphatic heterocycles. The van der Waals surface area contributed by atoms with E-state index < -0.39 is 5.97 Å². The first-order valence-electron chi connectivity index (χ1n) is 7.29. The molecule has 7 heteroatoms. The van der Waals surface area contributed by atoms with Crippen LogP contribution in [0.25, 0.3) is 0 Å². The molecule has 120 valence electrons. The molecule has 23 heavy (non-hydrogen) atoms. The van der Waals surface area contributed by atoms with Crippen molar-refractivity contribution < 1.29 is 14.3 Å². The molecule has 3 rings (SSSR count). The molecule has 2 aromatic rings. The monoisotopic (exact) mass is 331 g/mol. The van der Waals surface area contributed by atoms with E-state index in [0.717, 1.165) is 23.5 Å². The molecule has 1 saturated carbocycles. The maximum atomic E-state index is 12.3. The van der Waals surface area contributed by atoms with Gasteiger partial charge in [-0.05, 0) is 37.5 Å². The minimum absolute atomic E-state index is 0.239. The molecule has 0 radical (unpaired) electrons. The number of rotatable bonds is 5. The Bertz CT molecular complexity index is 753. The smallest absolute Gasteiger partial charge is 0.337 e. The van der Waals surface area contributed by atoms with Gasteiger partial charge in [-0.2, -0.15) is 0 Å². The van der Waals surface area contributed by atoms with E-state index in [1.54, 1.807) is 24.4 Å². The van der Waals surface area contributed by atoms with E-state index in [4.69, 9.17) is 4.74 Å². The third kappa shape index (κ3) is 3.68. The molecule has 1 aliphatic carbocycles. The number of aromatic nitrogens is 1. The van der Waals surface area contributed by atoms with Gasteiger partial charge in [-0.15, -0.1) is 0 Å². The molecule has 0 atom stereocenters. The Balaban J connectivity index is 1.73. The van der Waals surface area contributed by atoms with Gasteiger partial charge in [0.05, 0.1) is 18.9 Å². The molecule has 6 nitrogen and oxygen atoms in total. The number of amides is 1. The average Bonchev–Trinajstić information content (AvgIpc) is 3.23. The summed E-state index contributed by atoms with van der Waals surface area (Å²) in [6.07, 6.45) is 3.87. The summed E-state index contributed by atoms with van der Waals surface area (Å²) < 4.78 is 4.70. The van der Waals surface area contributed by atoms with Crippen molar-refractivity contribution in [3.63, 3.8) is 0 Å². The number of benzene rings is 1. The number of ether oxygens (including phenoxy) is 1. The first-order chi connectivity index (χ1) is 11.1. The van der Waals surface area contributed by atoms with Crippen molar-refractivity contribution in [2.75, 3.05) is 17.7 Å². The quantitative estimate of drug-likeness (QED) is 0.823. The number of nitrogens with one attached hydrogen (secondary N) is 2. The number of esters is 1. The van der Waals surface area contributed by atoms with E-state index in [0.29, 0.717) is 22.2 Å². The topological polar surface area (TPSA) is 80.3 Å². The van der Waals surface area contributed by atoms with Gasteiger partial charge in [0, 0.05) is 11.7 Å². The molecule has 0 spiro atoms. The minimum atomic E-state index is -0.436. The van der Waals surface area contributed by atoms with Crippen LogP contribution in [0.5, 0.6) is 0 Å². The summed E-state index contributed by atoms with van der Waals surface area (Å²) in [7, 11) is 1.33. The van der Waals surface area contributed by atoms with E-state index in [1.165, 1.54) is 18.4 Å². The lowest BCUT2D eigenvalue weighted by Crippen LogP contribution is -2.12. The summed E-state index contributed by atoms with van der Waals surface area (Å²) in [6.45, 7) is 1.86. The fourth-order valence-electron chi connectivity index (χ4n) is 2.03. The largest absolute Gasteiger partial charge is 0.465 e. The molecule has 0 bridgehead atoms. The van der Waals surface area contributed by atoms with Crippen LogP contribution in [0, 0.1) is 6.92 Å². The van der Waals surface area contributed by atoms with Gasteiger partial charge in [0.1, 0.15) is 4.88 Å². The predicted octanol–water partition coefficient (Wildman–Crippen LogP) is 3.06. The highest BCUT2D eigenvalue weighted by Crippen LogP contribution is 2.28. The summed E-state index contributed by atoms with van der Waals surface area (Å²) in [4.78, 5) is 28.7. The second-order valence-electron chi connectivity index (χ2n) is 5.42. The van der Waals surface area contributed by atoms with Gasteiger partial charge in [0.2, 0.25) is 0 Å². The van der Waals surface area contributed by atoms with Gasteiger partial charge in [-0.3, -0.25) is 4.79 Å². The lowest BCUT2D eigenvalue weighted by Gasteiger charge is -2.09. The molecule has 1 amide bonds. The lowest BCUT2D eigenvalue weighted by molar-refractivity contribution is 0.0600. The number of hydrogen-bond donors (Lipinski definition) is 2. The minimum Gasteiger partial charge on any atom is -0.465 e. The van der Waals surface area contributed by atoms with Crippen molar-refractivity contribution in [1.29, 1.82) is 0 Å². The highest BCUT2D eigenvalue weighted by molar-refractivity contribution is 7.17. The van der Waals surface area contributed by atoms with Crippen LogP contribution < -0.4 is 10.6 Å². The Morgan fingerprint density at radius 2 is 2.13 bits per heavy atom. The summed E-state index contributed by atoms with van der Waals surface area (Å²) in [6, 6.07) is 5.55. The SMILES string of the molecule is COC(=O)c1ccc(C)c(NC(=O)c2cnc(NC3CC3)s2)c1. The number of thiazole rings is 1. The first-order valence-corrected chi connectivity index (χ1v) is 8.11. The fourth-order valence-corrected chi connectivity index (χ4v) is 2.82. The van der Waals surface area contributed by atoms with Crippen LogP contribution in [-0.2, 0) is 4.74 Å². The van der Waals surface area contributed by atoms with Crippen molar-refractivity contribution in [3.8, 4) is 0 Å². The zero-order valence-electron chi connectivity index (χ0n) is 12.9. The zero-order valence-corrected chi connectivity index (χ0v) is 13.7. The van der Waals surface area contributed by atoms with E-state index in [-0.39, 0.29) is 5.91 Å². The van der Waals surface area contributed by atoms with Crippen LogP contribution >= 0.6 is 11.3 Å². The molecule has 1 fully saturated rings. The highest BCUT2D eigenvalue weighted by Gasteiger charge is 2.22. The Morgan fingerprint density at radius 1 is 1.35 bits per heavy atom. The van der Waals surface area contributed by atoms with Gasteiger partial charge < -0.3 is 15.4 Å². The third-order valence-electron chi connectivity index (χ3n) is 3.54. The van der Waals surface area contributed by atoms with Crippen LogP contribution in [0.4, 0.5) is 10.8 Å². The van der Waals surface area contributed by atoms with Crippen LogP contribution in [-0.4, -0.2) is 30.0 Å². The number of aryl methyl sites for hydroxylation is 1. The van der Waals surface area contributed by atoms with Gasteiger partial charge in [-0.25, -0.2) is 9.78 Å². The number of nitrogens with zero attached hydrogens (tertiary/aromatic N) is 1. The summed E-state index contributed by atoms with van der Waals surface area (Å²) in [5, 5.41) is 6.85. The van der Waals surface area contributed by atoms with Crippen molar-refractivity contribution in [1.82, 2.24) is 4.98 Å². The Morgan fingerprint density at radius 3 is 2.83 bits per heavy atom. The summed E-state index contributed by atoms with van der Waals surface area (Å²) >= 11 is 1.32. The van der Waals surface area contributed by atoms with E-state index in [2.05, 4.69) is 15.6 Å². The molecule has 1 aliphatic rings. The van der Waals surface area contributed by atoms with Crippen LogP contribution in [0.2, 0.25) is 0 Å². The lowest BCUT2D eigenvalue weighted by atomic mass is 10.1. The van der Waals surface area contributed by atoms with Crippen molar-refractivity contribution >= 4 is 34.0 Å². The summed E-state index contributed by atoms with van der Waals surface area (Å²) in [5.41, 5.74) is 1.85. The Hall–Kier alpha value is -2.41. The number of carbonyl (C=O) groups is 2. The van der Waals surface area contributed by atoms with Gasteiger partial charge >= 0.3 is 5.97 Å². The average molecular weight is 331 g/mol. The fraction of sp³-hybridized carbons (Fsp3) is 0.312. The van der Waals surface area contributed by atoms with E-state index >= 15 is 0 Å². The molecule has 0 saturated heterocycles. The number of methoxy groups -OCH3 is 1. The molecule has 1 aromatic carbocycles. The second-order valence-corrected chi connectivity index (χ2v) is 6.45. The van der Waals surface area contributed by atoms with Crippen molar-refractivity contribution in [2.24, 2.45) is 0 Å². The Labute approximate surface area is 137 Å². The second kappa shape index (κ2) is 6.37. The molecule has 1 aromatic heterocycles. The normalized spacial score (nSPS) is 13.5. The van der Waals surface area contributed by atoms with E-state index in [9.17, 15) is 9.59 Å². The van der Waals surface area contributed by atoms with Gasteiger partial charge in [-0.1, -0.05) is 17.4 Å². The Kier molecular flexibility index (Phi) is 4.29. The standard InChI is InChI=1S/C16H17N3O3S/c1-9-3-4-10(15(21)22-2)7-12(9)19-14(20)13-8-17-16(23-13)18-11-5-6-11/h3-4,7-8,11H,5-6H2,1-2H3,(H,17,18)(H,19,20). The number of anilines is 2. The van der Waals surface area contributed by atoms with Crippen molar-refractivity contribution in [2.45, 2.75) is 25.8 Å². The maximum absolute atomic E-state index is 12.3. The van der Waals surface area contributed by atoms with Crippen molar-refractivity contribution in [3.05, 3.63) is 40.4 Å². The predicted molar refractivity (Wildman–Crippen MR) is 89.2 cm³/mol. The van der Waals surface area contributed by atoms with Gasteiger partial charge in [0.15, 0.2) is 5.13 Å². The number of hydrogen-bond acceptors (Lipinski definition) is 6. The zero-order chi connectivity index (χ0) is 16.4. The maximum Gasteiger partial charge on any atom is 0.337 e. The number of carbonyl (C=O) groups excluding carboxylic acids is 2. The van der Waals surface area contributed by atoms with Crippen LogP contribution in [0.1, 0.15) is 38.4 Å². The van der Waals surface area contributed by atoms with E-state index in [1.807, 2.05) is 6.92 Å². The molecule has 0 unspecified atom stereocenters. The van der Waals surface area contributed by atoms with Crippen LogP contribution in [0.15, 0.2) is 24.4 Å². The molecule has 2 N–H and O–H groups in total. The molecular formula is C16H17N3O3S. The first kappa shape index (κ1) is 15.5. The summed E-state index contributed by atoms with van der Waals surface area (Å²) in [5.74, 6) is -0.675. The molecule has 1 heterocycles. The third-order valence-corrected chi connectivity index (χ3v) is 4.47. The molecular weight excluding hydrogens is 314 g/mol. The van der Waals surface area contributed by atoms with Gasteiger partial charge in [0.25, 0.3) is 5.91 Å². The highest BCUT2D eigenvalue weighted by atomic mass is 32.1. The van der Waals surface area contributed by atoms with Crippen LogP contribution in [0.3, 0.4) is 0 Å².